The first-order valence-corrected chi connectivity index (χ1v) is 13.1. The molecule has 0 aliphatic carbocycles. The summed E-state index contributed by atoms with van der Waals surface area (Å²) in [6.45, 7) is 14.3. The highest BCUT2D eigenvalue weighted by Gasteiger charge is 2.26. The highest BCUT2D eigenvalue weighted by atomic mass is 32.2. The largest absolute Gasteiger partial charge is 0.497 e. The normalized spacial score (nSPS) is 11.8. The molecular weight excluding hydrogens is 486 g/mol. The summed E-state index contributed by atoms with van der Waals surface area (Å²) in [6.07, 6.45) is 1.75. The number of benzene rings is 2. The highest BCUT2D eigenvalue weighted by Crippen LogP contribution is 2.27. The molecular formula is C28H35N5O3S. The van der Waals surface area contributed by atoms with Crippen LogP contribution in [0.2, 0.25) is 0 Å². The molecule has 37 heavy (non-hydrogen) atoms. The van der Waals surface area contributed by atoms with Gasteiger partial charge < -0.3 is 19.9 Å². The zero-order valence-electron chi connectivity index (χ0n) is 22.3. The van der Waals surface area contributed by atoms with Gasteiger partial charge in [0.2, 0.25) is 5.91 Å². The van der Waals surface area contributed by atoms with E-state index in [-0.39, 0.29) is 29.5 Å². The smallest absolute Gasteiger partial charge is 0.251 e. The van der Waals surface area contributed by atoms with Crippen molar-refractivity contribution >= 4 is 29.3 Å². The number of carbonyl (C=O) groups excluding carboxylic acids is 2. The lowest BCUT2D eigenvalue weighted by Crippen LogP contribution is -2.33. The number of thioether (sulfide) groups is 1. The first-order chi connectivity index (χ1) is 17.6. The number of aryl methyl sites for hydroxylation is 3. The third kappa shape index (κ3) is 7.01. The molecule has 9 heteroatoms. The number of carbonyl (C=O) groups is 2. The molecule has 0 unspecified atom stereocenters. The van der Waals surface area contributed by atoms with Gasteiger partial charge in [-0.25, -0.2) is 0 Å². The molecule has 0 saturated heterocycles. The molecule has 0 spiro atoms. The fourth-order valence-electron chi connectivity index (χ4n) is 4.12. The summed E-state index contributed by atoms with van der Waals surface area (Å²) < 4.78 is 7.07. The standard InChI is InChI=1S/C28H35N5O3S/c1-8-13-33-26(24(17(2)3)30-27(35)21-9-11-22(36-7)12-10-21)31-32-28(33)37-16-23(34)29-25-19(5)14-18(4)15-20(25)6/h8-12,14-15,17,24H,1,13,16H2,2-7H3,(H,29,34)(H,30,35)/t24-/m0/s1. The van der Waals surface area contributed by atoms with Crippen LogP contribution >= 0.6 is 11.8 Å². The van der Waals surface area contributed by atoms with E-state index in [4.69, 9.17) is 4.74 Å². The summed E-state index contributed by atoms with van der Waals surface area (Å²) in [5.74, 6) is 1.18. The van der Waals surface area contributed by atoms with Gasteiger partial charge in [0.1, 0.15) is 5.75 Å². The molecule has 2 amide bonds. The van der Waals surface area contributed by atoms with E-state index >= 15 is 0 Å². The lowest BCUT2D eigenvalue weighted by atomic mass is 10.0. The lowest BCUT2D eigenvalue weighted by molar-refractivity contribution is -0.113. The molecule has 1 atom stereocenters. The number of anilines is 1. The van der Waals surface area contributed by atoms with E-state index in [1.807, 2.05) is 39.2 Å². The third-order valence-corrected chi connectivity index (χ3v) is 6.88. The van der Waals surface area contributed by atoms with Crippen molar-refractivity contribution in [3.8, 4) is 5.75 Å². The minimum absolute atomic E-state index is 0.0450. The number of methoxy groups -OCH3 is 1. The second-order valence-corrected chi connectivity index (χ2v) is 10.2. The van der Waals surface area contributed by atoms with Crippen LogP contribution in [0.5, 0.6) is 5.75 Å². The van der Waals surface area contributed by atoms with Gasteiger partial charge in [0.15, 0.2) is 11.0 Å². The molecule has 2 N–H and O–H groups in total. The monoisotopic (exact) mass is 521 g/mol. The number of nitrogens with zero attached hydrogens (tertiary/aromatic N) is 3. The molecule has 0 radical (unpaired) electrons. The van der Waals surface area contributed by atoms with Gasteiger partial charge in [0.05, 0.1) is 18.9 Å². The first-order valence-electron chi connectivity index (χ1n) is 12.1. The molecule has 0 aliphatic heterocycles. The van der Waals surface area contributed by atoms with Crippen LogP contribution in [0.15, 0.2) is 54.2 Å². The third-order valence-electron chi connectivity index (χ3n) is 5.91. The Morgan fingerprint density at radius 1 is 1.11 bits per heavy atom. The molecule has 2 aromatic carbocycles. The van der Waals surface area contributed by atoms with Crippen molar-refractivity contribution in [3.63, 3.8) is 0 Å². The number of rotatable bonds is 11. The fourth-order valence-corrected chi connectivity index (χ4v) is 4.87. The number of hydrogen-bond acceptors (Lipinski definition) is 6. The Morgan fingerprint density at radius 3 is 2.32 bits per heavy atom. The van der Waals surface area contributed by atoms with Crippen LogP contribution in [-0.2, 0) is 11.3 Å². The predicted molar refractivity (Wildman–Crippen MR) is 148 cm³/mol. The van der Waals surface area contributed by atoms with Gasteiger partial charge in [0.25, 0.3) is 5.91 Å². The van der Waals surface area contributed by atoms with Crippen LogP contribution in [-0.4, -0.2) is 39.4 Å². The molecule has 0 fully saturated rings. The molecule has 0 aliphatic rings. The second kappa shape index (κ2) is 12.6. The summed E-state index contributed by atoms with van der Waals surface area (Å²) in [5, 5.41) is 15.5. The summed E-state index contributed by atoms with van der Waals surface area (Å²) in [6, 6.07) is 10.7. The van der Waals surface area contributed by atoms with Crippen molar-refractivity contribution in [2.45, 2.75) is 52.4 Å². The van der Waals surface area contributed by atoms with Gasteiger partial charge in [-0.15, -0.1) is 16.8 Å². The molecule has 196 valence electrons. The van der Waals surface area contributed by atoms with E-state index in [0.717, 1.165) is 22.4 Å². The van der Waals surface area contributed by atoms with Crippen LogP contribution < -0.4 is 15.4 Å². The molecule has 3 rings (SSSR count). The minimum atomic E-state index is -0.386. The van der Waals surface area contributed by atoms with E-state index in [1.54, 1.807) is 37.5 Å². The second-order valence-electron chi connectivity index (χ2n) is 9.27. The van der Waals surface area contributed by atoms with Gasteiger partial charge in [-0.3, -0.25) is 9.59 Å². The SMILES string of the molecule is C=CCn1c(SCC(=O)Nc2c(C)cc(C)cc2C)nnc1[C@@H](NC(=O)c1ccc(OC)cc1)C(C)C. The van der Waals surface area contributed by atoms with E-state index in [0.29, 0.717) is 28.8 Å². The maximum Gasteiger partial charge on any atom is 0.251 e. The Hall–Kier alpha value is -3.59. The van der Waals surface area contributed by atoms with Crippen LogP contribution in [0.25, 0.3) is 0 Å². The summed E-state index contributed by atoms with van der Waals surface area (Å²) >= 11 is 1.30. The van der Waals surface area contributed by atoms with E-state index in [1.165, 1.54) is 11.8 Å². The van der Waals surface area contributed by atoms with Crippen molar-refractivity contribution in [2.75, 3.05) is 18.2 Å². The van der Waals surface area contributed by atoms with Crippen LogP contribution in [0.4, 0.5) is 5.69 Å². The van der Waals surface area contributed by atoms with Crippen molar-refractivity contribution in [1.29, 1.82) is 0 Å². The predicted octanol–water partition coefficient (Wildman–Crippen LogP) is 5.26. The van der Waals surface area contributed by atoms with Gasteiger partial charge >= 0.3 is 0 Å². The van der Waals surface area contributed by atoms with E-state index in [2.05, 4.69) is 39.5 Å². The average Bonchev–Trinajstić information content (AvgIpc) is 3.25. The summed E-state index contributed by atoms with van der Waals surface area (Å²) in [7, 11) is 1.58. The Morgan fingerprint density at radius 2 is 1.76 bits per heavy atom. The number of hydrogen-bond donors (Lipinski definition) is 2. The average molecular weight is 522 g/mol. The Kier molecular flexibility index (Phi) is 9.52. The number of ether oxygens (including phenoxy) is 1. The molecule has 0 bridgehead atoms. The van der Waals surface area contributed by atoms with Gasteiger partial charge in [-0.1, -0.05) is 49.4 Å². The van der Waals surface area contributed by atoms with E-state index < -0.39 is 0 Å². The summed E-state index contributed by atoms with van der Waals surface area (Å²) in [5.41, 5.74) is 4.58. The topological polar surface area (TPSA) is 98.1 Å². The van der Waals surface area contributed by atoms with Crippen LogP contribution in [0.3, 0.4) is 0 Å². The number of aromatic nitrogens is 3. The number of amides is 2. The molecule has 3 aromatic rings. The molecule has 1 aromatic heterocycles. The Balaban J connectivity index is 1.76. The van der Waals surface area contributed by atoms with Gasteiger partial charge in [-0.05, 0) is 62.1 Å². The maximum absolute atomic E-state index is 13.0. The lowest BCUT2D eigenvalue weighted by Gasteiger charge is -2.22. The number of allylic oxidation sites excluding steroid dienone is 1. The zero-order valence-corrected chi connectivity index (χ0v) is 23.1. The van der Waals surface area contributed by atoms with Gasteiger partial charge in [0, 0.05) is 17.8 Å². The fraction of sp³-hybridized carbons (Fsp3) is 0.357. The van der Waals surface area contributed by atoms with Crippen molar-refractivity contribution in [3.05, 3.63) is 77.1 Å². The molecule has 0 saturated carbocycles. The Bertz CT molecular complexity index is 1240. The number of nitrogens with one attached hydrogen (secondary N) is 2. The maximum atomic E-state index is 13.0. The van der Waals surface area contributed by atoms with Crippen LogP contribution in [0.1, 0.15) is 52.8 Å². The first kappa shape index (κ1) is 28.0. The minimum Gasteiger partial charge on any atom is -0.497 e. The molecule has 8 nitrogen and oxygen atoms in total. The zero-order chi connectivity index (χ0) is 27.1. The quantitative estimate of drug-likeness (QED) is 0.264. The van der Waals surface area contributed by atoms with Gasteiger partial charge in [-0.2, -0.15) is 0 Å². The molecule has 1 heterocycles. The van der Waals surface area contributed by atoms with Crippen molar-refractivity contribution in [2.24, 2.45) is 5.92 Å². The summed E-state index contributed by atoms with van der Waals surface area (Å²) in [4.78, 5) is 25.8. The Labute approximate surface area is 222 Å². The highest BCUT2D eigenvalue weighted by molar-refractivity contribution is 7.99. The van der Waals surface area contributed by atoms with Crippen molar-refractivity contribution in [1.82, 2.24) is 20.1 Å². The van der Waals surface area contributed by atoms with Crippen LogP contribution in [0, 0.1) is 26.7 Å². The van der Waals surface area contributed by atoms with E-state index in [9.17, 15) is 9.59 Å². The van der Waals surface area contributed by atoms with Crippen molar-refractivity contribution < 1.29 is 14.3 Å².